The van der Waals surface area contributed by atoms with Crippen molar-refractivity contribution in [1.29, 1.82) is 5.26 Å². The number of hydrogen-bond donors (Lipinski definition) is 0. The van der Waals surface area contributed by atoms with E-state index < -0.39 is 0 Å². The van der Waals surface area contributed by atoms with Crippen molar-refractivity contribution >= 4 is 5.97 Å². The summed E-state index contributed by atoms with van der Waals surface area (Å²) in [5, 5.41) is 8.82. The average molecular weight is 281 g/mol. The van der Waals surface area contributed by atoms with Gasteiger partial charge in [-0.3, -0.25) is 4.79 Å². The van der Waals surface area contributed by atoms with E-state index in [9.17, 15) is 4.79 Å². The van der Waals surface area contributed by atoms with Gasteiger partial charge >= 0.3 is 5.97 Å². The van der Waals surface area contributed by atoms with E-state index in [0.717, 1.165) is 11.1 Å². The zero-order valence-electron chi connectivity index (χ0n) is 11.7. The second kappa shape index (κ2) is 7.11. The van der Waals surface area contributed by atoms with Gasteiger partial charge in [-0.05, 0) is 23.8 Å². The molecule has 4 heteroatoms. The highest BCUT2D eigenvalue weighted by molar-refractivity contribution is 5.73. The highest BCUT2D eigenvalue weighted by atomic mass is 16.5. The van der Waals surface area contributed by atoms with Gasteiger partial charge in [0.1, 0.15) is 12.4 Å². The van der Waals surface area contributed by atoms with E-state index in [4.69, 9.17) is 14.7 Å². The van der Waals surface area contributed by atoms with Gasteiger partial charge in [-0.15, -0.1) is 0 Å². The first-order valence-corrected chi connectivity index (χ1v) is 6.49. The molecule has 0 aliphatic rings. The molecule has 0 saturated carbocycles. The van der Waals surface area contributed by atoms with Crippen molar-refractivity contribution in [3.8, 4) is 11.8 Å². The minimum atomic E-state index is -0.332. The third-order valence-electron chi connectivity index (χ3n) is 2.98. The van der Waals surface area contributed by atoms with E-state index >= 15 is 0 Å². The SMILES string of the molecule is COc1ccccc1CC(=O)OCc1cccc(C#N)c1. The van der Waals surface area contributed by atoms with Gasteiger partial charge in [0.05, 0.1) is 25.2 Å². The predicted molar refractivity (Wildman–Crippen MR) is 77.7 cm³/mol. The van der Waals surface area contributed by atoms with E-state index in [1.165, 1.54) is 0 Å². The van der Waals surface area contributed by atoms with Crippen LogP contribution in [0.1, 0.15) is 16.7 Å². The van der Waals surface area contributed by atoms with Crippen LogP contribution in [0.25, 0.3) is 0 Å². The monoisotopic (exact) mass is 281 g/mol. The number of esters is 1. The quantitative estimate of drug-likeness (QED) is 0.791. The van der Waals surface area contributed by atoms with Crippen molar-refractivity contribution in [2.45, 2.75) is 13.0 Å². The van der Waals surface area contributed by atoms with Crippen molar-refractivity contribution in [3.05, 3.63) is 65.2 Å². The summed E-state index contributed by atoms with van der Waals surface area (Å²) >= 11 is 0. The molecule has 4 nitrogen and oxygen atoms in total. The second-order valence-corrected chi connectivity index (χ2v) is 4.46. The van der Waals surface area contributed by atoms with Crippen LogP contribution in [0.4, 0.5) is 0 Å². The highest BCUT2D eigenvalue weighted by Crippen LogP contribution is 2.18. The molecule has 0 aromatic heterocycles. The molecule has 0 aliphatic heterocycles. The van der Waals surface area contributed by atoms with Crippen molar-refractivity contribution in [1.82, 2.24) is 0 Å². The number of rotatable bonds is 5. The van der Waals surface area contributed by atoms with E-state index in [2.05, 4.69) is 6.07 Å². The third kappa shape index (κ3) is 4.08. The Morgan fingerprint density at radius 1 is 1.19 bits per heavy atom. The smallest absolute Gasteiger partial charge is 0.310 e. The molecule has 0 saturated heterocycles. The van der Waals surface area contributed by atoms with Gasteiger partial charge in [-0.25, -0.2) is 0 Å². The van der Waals surface area contributed by atoms with Crippen LogP contribution in [0.3, 0.4) is 0 Å². The maximum atomic E-state index is 11.9. The Morgan fingerprint density at radius 2 is 2.00 bits per heavy atom. The largest absolute Gasteiger partial charge is 0.496 e. The molecule has 2 aromatic rings. The Bertz CT molecular complexity index is 674. The first kappa shape index (κ1) is 14.6. The molecule has 0 heterocycles. The molecule has 0 unspecified atom stereocenters. The van der Waals surface area contributed by atoms with Crippen molar-refractivity contribution in [2.24, 2.45) is 0 Å². The summed E-state index contributed by atoms with van der Waals surface area (Å²) in [6.07, 6.45) is 0.155. The maximum absolute atomic E-state index is 11.9. The molecule has 0 fully saturated rings. The third-order valence-corrected chi connectivity index (χ3v) is 2.98. The summed E-state index contributed by atoms with van der Waals surface area (Å²) in [6.45, 7) is 0.156. The van der Waals surface area contributed by atoms with E-state index in [1.807, 2.05) is 24.3 Å². The second-order valence-electron chi connectivity index (χ2n) is 4.46. The fourth-order valence-corrected chi connectivity index (χ4v) is 1.95. The number of methoxy groups -OCH3 is 1. The molecule has 0 radical (unpaired) electrons. The summed E-state index contributed by atoms with van der Waals surface area (Å²) in [4.78, 5) is 11.9. The lowest BCUT2D eigenvalue weighted by Gasteiger charge is -2.08. The summed E-state index contributed by atoms with van der Waals surface area (Å²) < 4.78 is 10.4. The molecule has 0 aliphatic carbocycles. The van der Waals surface area contributed by atoms with Crippen molar-refractivity contribution < 1.29 is 14.3 Å². The number of benzene rings is 2. The van der Waals surface area contributed by atoms with Gasteiger partial charge in [-0.1, -0.05) is 30.3 Å². The van der Waals surface area contributed by atoms with Crippen molar-refractivity contribution in [2.75, 3.05) is 7.11 Å². The average Bonchev–Trinajstić information content (AvgIpc) is 2.53. The summed E-state index contributed by atoms with van der Waals surface area (Å²) in [7, 11) is 1.57. The Labute approximate surface area is 123 Å². The summed E-state index contributed by atoms with van der Waals surface area (Å²) in [6, 6.07) is 16.4. The molecule has 0 spiro atoms. The fraction of sp³-hybridized carbons (Fsp3) is 0.176. The van der Waals surface area contributed by atoms with Gasteiger partial charge in [0, 0.05) is 5.56 Å². The zero-order valence-corrected chi connectivity index (χ0v) is 11.7. The maximum Gasteiger partial charge on any atom is 0.310 e. The Balaban J connectivity index is 1.94. The minimum Gasteiger partial charge on any atom is -0.496 e. The van der Waals surface area contributed by atoms with Crippen LogP contribution in [0.15, 0.2) is 48.5 Å². The predicted octanol–water partition coefficient (Wildman–Crippen LogP) is 2.85. The van der Waals surface area contributed by atoms with Crippen LogP contribution in [-0.4, -0.2) is 13.1 Å². The van der Waals surface area contributed by atoms with Gasteiger partial charge in [0.2, 0.25) is 0 Å². The molecular weight excluding hydrogens is 266 g/mol. The van der Waals surface area contributed by atoms with Gasteiger partial charge in [0.25, 0.3) is 0 Å². The Hall–Kier alpha value is -2.80. The van der Waals surface area contributed by atoms with E-state index in [-0.39, 0.29) is 19.0 Å². The van der Waals surface area contributed by atoms with E-state index in [1.54, 1.807) is 31.4 Å². The lowest BCUT2D eigenvalue weighted by molar-refractivity contribution is -0.144. The topological polar surface area (TPSA) is 59.3 Å². The standard InChI is InChI=1S/C17H15NO3/c1-20-16-8-3-2-7-15(16)10-17(19)21-12-14-6-4-5-13(9-14)11-18/h2-9H,10,12H2,1H3. The van der Waals surface area contributed by atoms with Gasteiger partial charge < -0.3 is 9.47 Å². The molecule has 2 rings (SSSR count). The lowest BCUT2D eigenvalue weighted by Crippen LogP contribution is -2.09. The summed E-state index contributed by atoms with van der Waals surface area (Å²) in [5.41, 5.74) is 2.13. The minimum absolute atomic E-state index is 0.155. The van der Waals surface area contributed by atoms with Crippen molar-refractivity contribution in [3.63, 3.8) is 0 Å². The van der Waals surface area contributed by atoms with Gasteiger partial charge in [0.15, 0.2) is 0 Å². The first-order chi connectivity index (χ1) is 10.2. The number of nitrogens with zero attached hydrogens (tertiary/aromatic N) is 1. The number of hydrogen-bond acceptors (Lipinski definition) is 4. The normalized spacial score (nSPS) is 9.71. The van der Waals surface area contributed by atoms with Gasteiger partial charge in [-0.2, -0.15) is 5.26 Å². The van der Waals surface area contributed by atoms with Crippen LogP contribution >= 0.6 is 0 Å². The van der Waals surface area contributed by atoms with Crippen LogP contribution in [0.2, 0.25) is 0 Å². The molecule has 0 atom stereocenters. The number of nitriles is 1. The number of ether oxygens (including phenoxy) is 2. The number of carbonyl (C=O) groups is 1. The summed E-state index contributed by atoms with van der Waals surface area (Å²) in [5.74, 6) is 0.336. The molecule has 0 amide bonds. The molecule has 2 aromatic carbocycles. The highest BCUT2D eigenvalue weighted by Gasteiger charge is 2.09. The van der Waals surface area contributed by atoms with Crippen LogP contribution in [0.5, 0.6) is 5.75 Å². The number of carbonyl (C=O) groups excluding carboxylic acids is 1. The van der Waals surface area contributed by atoms with Crippen LogP contribution < -0.4 is 4.74 Å². The fourth-order valence-electron chi connectivity index (χ4n) is 1.95. The molecule has 0 N–H and O–H groups in total. The molecular formula is C17H15NO3. The first-order valence-electron chi connectivity index (χ1n) is 6.49. The number of para-hydroxylation sites is 1. The Kier molecular flexibility index (Phi) is 4.94. The molecule has 0 bridgehead atoms. The molecule has 21 heavy (non-hydrogen) atoms. The lowest BCUT2D eigenvalue weighted by atomic mass is 10.1. The molecule has 106 valence electrons. The van der Waals surface area contributed by atoms with Crippen LogP contribution in [-0.2, 0) is 22.6 Å². The Morgan fingerprint density at radius 3 is 2.76 bits per heavy atom. The van der Waals surface area contributed by atoms with Crippen LogP contribution in [0, 0.1) is 11.3 Å². The van der Waals surface area contributed by atoms with E-state index in [0.29, 0.717) is 11.3 Å². The zero-order chi connectivity index (χ0) is 15.1.